The Balaban J connectivity index is 2.52. The van der Waals surface area contributed by atoms with Crippen LogP contribution in [0.3, 0.4) is 0 Å². The molecule has 104 valence electrons. The Morgan fingerprint density at radius 2 is 2.22 bits per heavy atom. The van der Waals surface area contributed by atoms with Crippen LogP contribution >= 0.6 is 0 Å². The Morgan fingerprint density at radius 3 is 2.89 bits per heavy atom. The Labute approximate surface area is 107 Å². The molecule has 0 aromatic carbocycles. The number of carbonyl (C=O) groups is 2. The smallest absolute Gasteiger partial charge is 0.245 e. The summed E-state index contributed by atoms with van der Waals surface area (Å²) < 4.78 is 5.26. The molecule has 1 heterocycles. The quantitative estimate of drug-likeness (QED) is 0.630. The maximum atomic E-state index is 12.0. The van der Waals surface area contributed by atoms with E-state index in [4.69, 9.17) is 9.84 Å². The zero-order valence-electron chi connectivity index (χ0n) is 10.9. The van der Waals surface area contributed by atoms with Gasteiger partial charge in [-0.05, 0) is 19.8 Å². The number of likely N-dealkylation sites (N-methyl/N-ethyl adjacent to an activating group) is 1. The third-order valence-corrected chi connectivity index (χ3v) is 2.90. The number of aliphatic hydroxyl groups excluding tert-OH is 1. The summed E-state index contributed by atoms with van der Waals surface area (Å²) in [6.07, 6.45) is 1.63. The number of nitrogens with zero attached hydrogens (tertiary/aromatic N) is 1. The molecule has 0 aliphatic carbocycles. The van der Waals surface area contributed by atoms with Crippen molar-refractivity contribution in [2.75, 3.05) is 32.9 Å². The molecular formula is C12H22N2O4. The van der Waals surface area contributed by atoms with Crippen molar-refractivity contribution in [1.29, 1.82) is 0 Å². The lowest BCUT2D eigenvalue weighted by Gasteiger charge is -2.34. The van der Waals surface area contributed by atoms with Crippen molar-refractivity contribution < 1.29 is 19.4 Å². The van der Waals surface area contributed by atoms with Gasteiger partial charge in [-0.15, -0.1) is 0 Å². The molecule has 6 heteroatoms. The van der Waals surface area contributed by atoms with Gasteiger partial charge in [0.15, 0.2) is 0 Å². The van der Waals surface area contributed by atoms with Crippen molar-refractivity contribution in [3.63, 3.8) is 0 Å². The summed E-state index contributed by atoms with van der Waals surface area (Å²) in [7, 11) is 0. The topological polar surface area (TPSA) is 78.9 Å². The van der Waals surface area contributed by atoms with Gasteiger partial charge in [0.2, 0.25) is 11.8 Å². The van der Waals surface area contributed by atoms with E-state index in [0.717, 1.165) is 0 Å². The number of unbranched alkanes of at least 4 members (excludes halogenated alkanes) is 1. The van der Waals surface area contributed by atoms with E-state index in [1.807, 2.05) is 6.92 Å². The van der Waals surface area contributed by atoms with Crippen LogP contribution in [0.15, 0.2) is 0 Å². The van der Waals surface area contributed by atoms with Crippen molar-refractivity contribution in [1.82, 2.24) is 10.2 Å². The maximum Gasteiger partial charge on any atom is 0.245 e. The van der Waals surface area contributed by atoms with Crippen LogP contribution < -0.4 is 5.32 Å². The fourth-order valence-corrected chi connectivity index (χ4v) is 1.94. The van der Waals surface area contributed by atoms with Gasteiger partial charge in [0, 0.05) is 26.1 Å². The Bertz CT molecular complexity index is 283. The average molecular weight is 258 g/mol. The first kappa shape index (κ1) is 14.9. The first-order valence-electron chi connectivity index (χ1n) is 6.46. The van der Waals surface area contributed by atoms with Crippen LogP contribution in [-0.4, -0.2) is 60.8 Å². The number of nitrogens with one attached hydrogen (secondary N) is 1. The van der Waals surface area contributed by atoms with Gasteiger partial charge in [-0.1, -0.05) is 0 Å². The van der Waals surface area contributed by atoms with Gasteiger partial charge in [-0.25, -0.2) is 0 Å². The number of morpholine rings is 1. The van der Waals surface area contributed by atoms with Crippen LogP contribution in [0.2, 0.25) is 0 Å². The molecule has 0 aromatic heterocycles. The van der Waals surface area contributed by atoms with Crippen LogP contribution in [-0.2, 0) is 14.3 Å². The second-order valence-electron chi connectivity index (χ2n) is 4.25. The fourth-order valence-electron chi connectivity index (χ4n) is 1.94. The van der Waals surface area contributed by atoms with Crippen LogP contribution in [0.4, 0.5) is 0 Å². The summed E-state index contributed by atoms with van der Waals surface area (Å²) in [5.74, 6) is -0.198. The second-order valence-corrected chi connectivity index (χ2v) is 4.25. The molecule has 1 saturated heterocycles. The fraction of sp³-hybridized carbons (Fsp3) is 0.833. The first-order chi connectivity index (χ1) is 8.70. The number of rotatable bonds is 6. The lowest BCUT2D eigenvalue weighted by Crippen LogP contribution is -2.55. The second kappa shape index (κ2) is 8.05. The third kappa shape index (κ3) is 4.27. The zero-order valence-corrected chi connectivity index (χ0v) is 10.9. The van der Waals surface area contributed by atoms with E-state index in [1.54, 1.807) is 4.90 Å². The predicted octanol–water partition coefficient (Wildman–Crippen LogP) is -0.487. The molecule has 1 aliphatic heterocycles. The van der Waals surface area contributed by atoms with E-state index in [9.17, 15) is 9.59 Å². The lowest BCUT2D eigenvalue weighted by molar-refractivity contribution is -0.148. The molecule has 0 spiro atoms. The molecule has 0 saturated carbocycles. The minimum atomic E-state index is -0.514. The Hall–Kier alpha value is -1.14. The first-order valence-corrected chi connectivity index (χ1v) is 6.46. The number of hydrogen-bond donors (Lipinski definition) is 2. The largest absolute Gasteiger partial charge is 0.396 e. The third-order valence-electron chi connectivity index (χ3n) is 2.90. The molecule has 1 aliphatic rings. The number of aliphatic hydroxyl groups is 1. The average Bonchev–Trinajstić information content (AvgIpc) is 2.39. The zero-order chi connectivity index (χ0) is 13.4. The normalized spacial score (nSPS) is 19.7. The van der Waals surface area contributed by atoms with Gasteiger partial charge < -0.3 is 20.1 Å². The van der Waals surface area contributed by atoms with Crippen LogP contribution in [0.5, 0.6) is 0 Å². The lowest BCUT2D eigenvalue weighted by atomic mass is 10.1. The standard InChI is InChI=1S/C12H22N2O4/c1-2-13-12(17)10-9-18-8-6-14(10)11(16)5-3-4-7-15/h10,15H,2-9H2,1H3,(H,13,17). The van der Waals surface area contributed by atoms with E-state index >= 15 is 0 Å². The van der Waals surface area contributed by atoms with Gasteiger partial charge in [-0.2, -0.15) is 0 Å². The maximum absolute atomic E-state index is 12.0. The van der Waals surface area contributed by atoms with Crippen LogP contribution in [0.1, 0.15) is 26.2 Å². The minimum Gasteiger partial charge on any atom is -0.396 e. The summed E-state index contributed by atoms with van der Waals surface area (Å²) >= 11 is 0. The molecule has 0 radical (unpaired) electrons. The van der Waals surface area contributed by atoms with E-state index in [1.165, 1.54) is 0 Å². The number of amides is 2. The summed E-state index contributed by atoms with van der Waals surface area (Å²) in [6.45, 7) is 3.67. The monoisotopic (exact) mass is 258 g/mol. The number of ether oxygens (including phenoxy) is 1. The Morgan fingerprint density at radius 1 is 1.44 bits per heavy atom. The van der Waals surface area contributed by atoms with Crippen LogP contribution in [0.25, 0.3) is 0 Å². The highest BCUT2D eigenvalue weighted by Crippen LogP contribution is 2.11. The Kier molecular flexibility index (Phi) is 6.67. The summed E-state index contributed by atoms with van der Waals surface area (Å²) in [5, 5.41) is 11.4. The molecular weight excluding hydrogens is 236 g/mol. The van der Waals surface area contributed by atoms with Crippen molar-refractivity contribution in [3.8, 4) is 0 Å². The molecule has 2 amide bonds. The molecule has 1 fully saturated rings. The van der Waals surface area contributed by atoms with E-state index in [-0.39, 0.29) is 25.0 Å². The van der Waals surface area contributed by atoms with Crippen LogP contribution in [0, 0.1) is 0 Å². The van der Waals surface area contributed by atoms with E-state index in [0.29, 0.717) is 39.0 Å². The van der Waals surface area contributed by atoms with Gasteiger partial charge in [-0.3, -0.25) is 9.59 Å². The van der Waals surface area contributed by atoms with Crippen molar-refractivity contribution in [3.05, 3.63) is 0 Å². The van der Waals surface area contributed by atoms with Crippen molar-refractivity contribution in [2.45, 2.75) is 32.2 Å². The van der Waals surface area contributed by atoms with E-state index in [2.05, 4.69) is 5.32 Å². The van der Waals surface area contributed by atoms with Crippen molar-refractivity contribution in [2.24, 2.45) is 0 Å². The van der Waals surface area contributed by atoms with Gasteiger partial charge in [0.1, 0.15) is 6.04 Å². The molecule has 1 atom stereocenters. The highest BCUT2D eigenvalue weighted by molar-refractivity contribution is 5.88. The highest BCUT2D eigenvalue weighted by atomic mass is 16.5. The minimum absolute atomic E-state index is 0.0389. The summed E-state index contributed by atoms with van der Waals surface area (Å²) in [4.78, 5) is 25.4. The van der Waals surface area contributed by atoms with Gasteiger partial charge in [0.25, 0.3) is 0 Å². The molecule has 0 aromatic rings. The predicted molar refractivity (Wildman–Crippen MR) is 65.9 cm³/mol. The molecule has 2 N–H and O–H groups in total. The van der Waals surface area contributed by atoms with E-state index < -0.39 is 6.04 Å². The summed E-state index contributed by atoms with van der Waals surface area (Å²) in [6, 6.07) is -0.514. The van der Waals surface area contributed by atoms with Crippen molar-refractivity contribution >= 4 is 11.8 Å². The van der Waals surface area contributed by atoms with Gasteiger partial charge in [0.05, 0.1) is 13.2 Å². The molecule has 1 unspecified atom stereocenters. The molecule has 18 heavy (non-hydrogen) atoms. The number of hydrogen-bond acceptors (Lipinski definition) is 4. The molecule has 6 nitrogen and oxygen atoms in total. The summed E-state index contributed by atoms with van der Waals surface area (Å²) in [5.41, 5.74) is 0. The SMILES string of the molecule is CCNC(=O)C1COCCN1C(=O)CCCCO. The molecule has 0 bridgehead atoms. The highest BCUT2D eigenvalue weighted by Gasteiger charge is 2.31. The molecule has 1 rings (SSSR count). The number of carbonyl (C=O) groups excluding carboxylic acids is 2. The van der Waals surface area contributed by atoms with Gasteiger partial charge >= 0.3 is 0 Å².